The fourth-order valence-electron chi connectivity index (χ4n) is 3.00. The number of carbonyl (C=O) groups is 1. The molecule has 0 saturated carbocycles. The summed E-state index contributed by atoms with van der Waals surface area (Å²) in [5, 5.41) is 8.14. The van der Waals surface area contributed by atoms with Crippen LogP contribution in [0.5, 0.6) is 0 Å². The molecule has 0 aromatic carbocycles. The molecule has 8 heteroatoms. The van der Waals surface area contributed by atoms with Gasteiger partial charge in [0.25, 0.3) is 5.91 Å². The van der Waals surface area contributed by atoms with Crippen LogP contribution in [0.1, 0.15) is 35.1 Å². The topological polar surface area (TPSA) is 77.0 Å². The van der Waals surface area contributed by atoms with Crippen LogP contribution in [0.15, 0.2) is 22.5 Å². The minimum atomic E-state index is 0.161. The van der Waals surface area contributed by atoms with Gasteiger partial charge in [0.05, 0.1) is 14.8 Å². The van der Waals surface area contributed by atoms with E-state index >= 15 is 0 Å². The second-order valence-corrected chi connectivity index (χ2v) is 8.60. The molecule has 2 N–H and O–H groups in total. The van der Waals surface area contributed by atoms with Gasteiger partial charge in [-0.15, -0.1) is 28.2 Å². The molecule has 1 amide bonds. The van der Waals surface area contributed by atoms with Gasteiger partial charge in [-0.1, -0.05) is 12.1 Å². The highest BCUT2D eigenvalue weighted by molar-refractivity contribution is 8.01. The molecule has 0 aliphatic carbocycles. The number of carbonyl (C=O) groups excluding carboxylic acids is 1. The molecule has 24 heavy (non-hydrogen) atoms. The van der Waals surface area contributed by atoms with Crippen LogP contribution >= 0.6 is 23.1 Å². The van der Waals surface area contributed by atoms with E-state index in [9.17, 15) is 4.79 Å². The SMILES string of the molecule is CCSc1ccc(C(=O)N2CCC[C@H](Cn3cc(CN)nn3)C2)s1. The first-order valence-corrected chi connectivity index (χ1v) is 10.1. The van der Waals surface area contributed by atoms with Crippen molar-refractivity contribution in [3.8, 4) is 0 Å². The van der Waals surface area contributed by atoms with Crippen molar-refractivity contribution in [1.29, 1.82) is 0 Å². The fraction of sp³-hybridized carbons (Fsp3) is 0.562. The van der Waals surface area contributed by atoms with Gasteiger partial charge in [-0.3, -0.25) is 9.48 Å². The number of hydrogen-bond acceptors (Lipinski definition) is 6. The first kappa shape index (κ1) is 17.4. The number of aromatic nitrogens is 3. The summed E-state index contributed by atoms with van der Waals surface area (Å²) in [5.74, 6) is 1.61. The predicted molar refractivity (Wildman–Crippen MR) is 97.3 cm³/mol. The first-order chi connectivity index (χ1) is 11.7. The van der Waals surface area contributed by atoms with E-state index in [1.54, 1.807) is 23.1 Å². The van der Waals surface area contributed by atoms with Gasteiger partial charge in [-0.25, -0.2) is 0 Å². The molecule has 1 aliphatic rings. The van der Waals surface area contributed by atoms with Crippen LogP contribution in [0.25, 0.3) is 0 Å². The van der Waals surface area contributed by atoms with Crippen molar-refractivity contribution in [3.05, 3.63) is 28.9 Å². The third-order valence-corrected chi connectivity index (χ3v) is 6.31. The zero-order valence-corrected chi connectivity index (χ0v) is 15.5. The smallest absolute Gasteiger partial charge is 0.263 e. The molecule has 2 aromatic heterocycles. The lowest BCUT2D eigenvalue weighted by molar-refractivity contribution is 0.0664. The molecular formula is C16H23N5OS2. The average Bonchev–Trinajstić information content (AvgIpc) is 3.24. The number of thioether (sulfide) groups is 1. The van der Waals surface area contributed by atoms with E-state index in [4.69, 9.17) is 5.73 Å². The quantitative estimate of drug-likeness (QED) is 0.796. The maximum Gasteiger partial charge on any atom is 0.263 e. The van der Waals surface area contributed by atoms with Crippen molar-refractivity contribution >= 4 is 29.0 Å². The summed E-state index contributed by atoms with van der Waals surface area (Å²) in [4.78, 5) is 15.6. The fourth-order valence-corrected chi connectivity index (χ4v) is 5.01. The van der Waals surface area contributed by atoms with Gasteiger partial charge in [-0.2, -0.15) is 0 Å². The molecule has 1 atom stereocenters. The molecule has 0 bridgehead atoms. The van der Waals surface area contributed by atoms with Gasteiger partial charge < -0.3 is 10.6 Å². The Morgan fingerprint density at radius 1 is 1.50 bits per heavy atom. The Bertz CT molecular complexity index is 684. The third kappa shape index (κ3) is 4.17. The molecule has 6 nitrogen and oxygen atoms in total. The Labute approximate surface area is 150 Å². The number of amides is 1. The normalized spacial score (nSPS) is 18.1. The standard InChI is InChI=1S/C16H23N5OS2/c1-2-23-15-6-5-14(24-15)16(22)20-7-3-4-12(9-20)10-21-11-13(8-17)18-19-21/h5-6,11-12H,2-4,7-10,17H2,1H3/t12-/m0/s1. The van der Waals surface area contributed by atoms with Crippen LogP contribution in [-0.4, -0.2) is 44.6 Å². The minimum absolute atomic E-state index is 0.161. The van der Waals surface area contributed by atoms with E-state index in [0.29, 0.717) is 12.5 Å². The number of thiophene rings is 1. The average molecular weight is 366 g/mol. The van der Waals surface area contributed by atoms with Crippen molar-refractivity contribution in [1.82, 2.24) is 19.9 Å². The predicted octanol–water partition coefficient (Wildman–Crippen LogP) is 2.46. The third-order valence-electron chi connectivity index (χ3n) is 4.13. The summed E-state index contributed by atoms with van der Waals surface area (Å²) < 4.78 is 3.06. The second kappa shape index (κ2) is 8.13. The summed E-state index contributed by atoms with van der Waals surface area (Å²) in [6.45, 7) is 4.95. The monoisotopic (exact) mass is 365 g/mol. The first-order valence-electron chi connectivity index (χ1n) is 8.30. The second-order valence-electron chi connectivity index (χ2n) is 5.95. The molecule has 0 spiro atoms. The zero-order valence-electron chi connectivity index (χ0n) is 13.9. The molecule has 2 aromatic rings. The van der Waals surface area contributed by atoms with Gasteiger partial charge in [0.2, 0.25) is 0 Å². The molecule has 0 unspecified atom stereocenters. The lowest BCUT2D eigenvalue weighted by Gasteiger charge is -2.32. The van der Waals surface area contributed by atoms with Crippen LogP contribution in [0, 0.1) is 5.92 Å². The van der Waals surface area contributed by atoms with Crippen molar-refractivity contribution in [2.45, 2.75) is 37.1 Å². The molecule has 3 heterocycles. The maximum atomic E-state index is 12.7. The van der Waals surface area contributed by atoms with E-state index in [1.807, 2.05) is 21.8 Å². The van der Waals surface area contributed by atoms with Gasteiger partial charge in [0.1, 0.15) is 0 Å². The Kier molecular flexibility index (Phi) is 5.91. The maximum absolute atomic E-state index is 12.7. The van der Waals surface area contributed by atoms with Crippen molar-refractivity contribution in [2.75, 3.05) is 18.8 Å². The lowest BCUT2D eigenvalue weighted by atomic mass is 9.98. The van der Waals surface area contributed by atoms with Crippen LogP contribution in [-0.2, 0) is 13.1 Å². The number of hydrogen-bond donors (Lipinski definition) is 1. The van der Waals surface area contributed by atoms with Gasteiger partial charge in [0.15, 0.2) is 0 Å². The van der Waals surface area contributed by atoms with Crippen molar-refractivity contribution in [3.63, 3.8) is 0 Å². The Morgan fingerprint density at radius 2 is 2.38 bits per heavy atom. The van der Waals surface area contributed by atoms with Gasteiger partial charge >= 0.3 is 0 Å². The summed E-state index contributed by atoms with van der Waals surface area (Å²) in [7, 11) is 0. The number of nitrogens with two attached hydrogens (primary N) is 1. The summed E-state index contributed by atoms with van der Waals surface area (Å²) in [6.07, 6.45) is 4.05. The Hall–Kier alpha value is -1.38. The summed E-state index contributed by atoms with van der Waals surface area (Å²) >= 11 is 3.39. The number of rotatable bonds is 6. The highest BCUT2D eigenvalue weighted by Crippen LogP contribution is 2.29. The number of likely N-dealkylation sites (tertiary alicyclic amines) is 1. The molecule has 1 fully saturated rings. The minimum Gasteiger partial charge on any atom is -0.338 e. The van der Waals surface area contributed by atoms with Crippen molar-refractivity contribution in [2.24, 2.45) is 11.7 Å². The highest BCUT2D eigenvalue weighted by Gasteiger charge is 2.26. The van der Waals surface area contributed by atoms with Crippen LogP contribution in [0.4, 0.5) is 0 Å². The van der Waals surface area contributed by atoms with Gasteiger partial charge in [-0.05, 0) is 36.6 Å². The summed E-state index contributed by atoms with van der Waals surface area (Å²) in [5.41, 5.74) is 6.38. The molecule has 130 valence electrons. The van der Waals surface area contributed by atoms with E-state index < -0.39 is 0 Å². The highest BCUT2D eigenvalue weighted by atomic mass is 32.2. The van der Waals surface area contributed by atoms with Crippen molar-refractivity contribution < 1.29 is 4.79 Å². The van der Waals surface area contributed by atoms with E-state index in [0.717, 1.165) is 48.8 Å². The van der Waals surface area contributed by atoms with E-state index in [2.05, 4.69) is 23.3 Å². The largest absolute Gasteiger partial charge is 0.338 e. The van der Waals surface area contributed by atoms with Crippen LogP contribution in [0.2, 0.25) is 0 Å². The molecule has 0 radical (unpaired) electrons. The number of piperidine rings is 1. The number of nitrogens with zero attached hydrogens (tertiary/aromatic N) is 4. The Morgan fingerprint density at radius 3 is 3.12 bits per heavy atom. The zero-order chi connectivity index (χ0) is 16.9. The van der Waals surface area contributed by atoms with Crippen LogP contribution < -0.4 is 5.73 Å². The lowest BCUT2D eigenvalue weighted by Crippen LogP contribution is -2.40. The molecule has 3 rings (SSSR count). The Balaban J connectivity index is 1.60. The van der Waals surface area contributed by atoms with E-state index in [-0.39, 0.29) is 5.91 Å². The molecule has 1 saturated heterocycles. The van der Waals surface area contributed by atoms with Gasteiger partial charge in [0, 0.05) is 32.4 Å². The van der Waals surface area contributed by atoms with Crippen LogP contribution in [0.3, 0.4) is 0 Å². The molecule has 1 aliphatic heterocycles. The summed E-state index contributed by atoms with van der Waals surface area (Å²) in [6, 6.07) is 4.01. The molecular weight excluding hydrogens is 342 g/mol. The van der Waals surface area contributed by atoms with E-state index in [1.165, 1.54) is 4.21 Å².